The van der Waals surface area contributed by atoms with Crippen LogP contribution in [-0.4, -0.2) is 60.5 Å². The molecule has 2 aliphatic rings. The predicted octanol–water partition coefficient (Wildman–Crippen LogP) is 1.07. The number of amides is 1. The third kappa shape index (κ3) is 3.23. The highest BCUT2D eigenvalue weighted by Gasteiger charge is 2.28. The molecule has 0 radical (unpaired) electrons. The molecule has 1 amide bonds. The maximum Gasteiger partial charge on any atom is 0.239 e. The molecule has 0 aromatic rings. The summed E-state index contributed by atoms with van der Waals surface area (Å²) in [6.07, 6.45) is 4.62. The molecule has 0 spiro atoms. The van der Waals surface area contributed by atoms with Gasteiger partial charge in [0.2, 0.25) is 5.91 Å². The molecule has 2 fully saturated rings. The third-order valence-corrected chi connectivity index (χ3v) is 4.45. The molecule has 2 heterocycles. The van der Waals surface area contributed by atoms with Gasteiger partial charge in [0.25, 0.3) is 0 Å². The van der Waals surface area contributed by atoms with Gasteiger partial charge in [-0.2, -0.15) is 0 Å². The zero-order valence-electron chi connectivity index (χ0n) is 11.8. The Bertz CT molecular complexity index is 268. The van der Waals surface area contributed by atoms with Gasteiger partial charge in [0.15, 0.2) is 0 Å². The van der Waals surface area contributed by atoms with Gasteiger partial charge in [-0.15, -0.1) is 0 Å². The van der Waals surface area contributed by atoms with E-state index in [0.717, 1.165) is 39.1 Å². The fourth-order valence-electron chi connectivity index (χ4n) is 2.92. The van der Waals surface area contributed by atoms with Crippen LogP contribution in [0.1, 0.15) is 39.5 Å². The van der Waals surface area contributed by atoms with E-state index in [9.17, 15) is 4.79 Å². The number of rotatable bonds is 3. The molecule has 0 bridgehead atoms. The Morgan fingerprint density at radius 2 is 2.00 bits per heavy atom. The van der Waals surface area contributed by atoms with Crippen molar-refractivity contribution in [1.29, 1.82) is 0 Å². The topological polar surface area (TPSA) is 35.6 Å². The van der Waals surface area contributed by atoms with Crippen molar-refractivity contribution >= 4 is 5.91 Å². The molecule has 0 aliphatic carbocycles. The van der Waals surface area contributed by atoms with Gasteiger partial charge >= 0.3 is 0 Å². The van der Waals surface area contributed by atoms with Crippen LogP contribution in [0.25, 0.3) is 0 Å². The van der Waals surface area contributed by atoms with Crippen molar-refractivity contribution in [3.63, 3.8) is 0 Å². The lowest BCUT2D eigenvalue weighted by Gasteiger charge is -2.39. The first kappa shape index (κ1) is 13.8. The van der Waals surface area contributed by atoms with E-state index in [1.807, 2.05) is 0 Å². The van der Waals surface area contributed by atoms with E-state index in [4.69, 9.17) is 0 Å². The average Bonchev–Trinajstić information content (AvgIpc) is 2.47. The normalized spacial score (nSPS) is 28.1. The second-order valence-electron chi connectivity index (χ2n) is 5.62. The van der Waals surface area contributed by atoms with E-state index in [0.29, 0.717) is 11.9 Å². The number of hydrogen-bond donors (Lipinski definition) is 1. The van der Waals surface area contributed by atoms with Gasteiger partial charge in [0.05, 0.1) is 6.04 Å². The lowest BCUT2D eigenvalue weighted by atomic mass is 10.0. The monoisotopic (exact) mass is 253 g/mol. The minimum atomic E-state index is 0.0916. The summed E-state index contributed by atoms with van der Waals surface area (Å²) in [5, 5.41) is 3.36. The Hall–Kier alpha value is -0.610. The van der Waals surface area contributed by atoms with Crippen LogP contribution in [0.2, 0.25) is 0 Å². The summed E-state index contributed by atoms with van der Waals surface area (Å²) in [5.74, 6) is 0.332. The Kier molecular flexibility index (Phi) is 5.01. The van der Waals surface area contributed by atoms with E-state index in [1.165, 1.54) is 19.3 Å². The summed E-state index contributed by atoms with van der Waals surface area (Å²) in [4.78, 5) is 16.9. The number of nitrogens with one attached hydrogen (secondary N) is 1. The summed E-state index contributed by atoms with van der Waals surface area (Å²) in [6, 6.07) is 0.740. The Balaban J connectivity index is 1.79. The molecule has 1 N–H and O–H groups in total. The van der Waals surface area contributed by atoms with Crippen molar-refractivity contribution in [2.24, 2.45) is 0 Å². The van der Waals surface area contributed by atoms with Gasteiger partial charge in [-0.05, 0) is 32.7 Å². The lowest BCUT2D eigenvalue weighted by Crippen LogP contribution is -2.56. The van der Waals surface area contributed by atoms with Gasteiger partial charge < -0.3 is 10.2 Å². The standard InChI is InChI=1S/C14H27N3O/c1-3-12(2)16-8-10-17(11-9-16)14(18)13-6-4-5-7-15-13/h12-13,15H,3-11H2,1-2H3. The van der Waals surface area contributed by atoms with Crippen LogP contribution in [0.4, 0.5) is 0 Å². The van der Waals surface area contributed by atoms with Crippen LogP contribution in [0.3, 0.4) is 0 Å². The fraction of sp³-hybridized carbons (Fsp3) is 0.929. The maximum atomic E-state index is 12.3. The molecule has 2 rings (SSSR count). The Morgan fingerprint density at radius 3 is 2.56 bits per heavy atom. The minimum Gasteiger partial charge on any atom is -0.339 e. The van der Waals surface area contributed by atoms with Crippen molar-refractivity contribution < 1.29 is 4.79 Å². The molecule has 4 heteroatoms. The molecule has 18 heavy (non-hydrogen) atoms. The van der Waals surface area contributed by atoms with Gasteiger partial charge in [-0.25, -0.2) is 0 Å². The highest BCUT2D eigenvalue weighted by molar-refractivity contribution is 5.82. The number of piperazine rings is 1. The van der Waals surface area contributed by atoms with E-state index in [2.05, 4.69) is 29.0 Å². The molecule has 0 saturated carbocycles. The molecule has 2 unspecified atom stereocenters. The van der Waals surface area contributed by atoms with Gasteiger partial charge in [0, 0.05) is 32.2 Å². The van der Waals surface area contributed by atoms with Crippen molar-refractivity contribution in [2.45, 2.75) is 51.6 Å². The first-order chi connectivity index (χ1) is 8.72. The SMILES string of the molecule is CCC(C)N1CCN(C(=O)C2CCCCN2)CC1. The zero-order chi connectivity index (χ0) is 13.0. The quantitative estimate of drug-likeness (QED) is 0.817. The molecule has 2 aliphatic heterocycles. The highest BCUT2D eigenvalue weighted by Crippen LogP contribution is 2.13. The number of nitrogens with zero attached hydrogens (tertiary/aromatic N) is 2. The predicted molar refractivity (Wildman–Crippen MR) is 73.5 cm³/mol. The summed E-state index contributed by atoms with van der Waals surface area (Å²) < 4.78 is 0. The minimum absolute atomic E-state index is 0.0916. The first-order valence-corrected chi connectivity index (χ1v) is 7.48. The van der Waals surface area contributed by atoms with Crippen LogP contribution in [0, 0.1) is 0 Å². The number of carbonyl (C=O) groups excluding carboxylic acids is 1. The number of hydrogen-bond acceptors (Lipinski definition) is 3. The maximum absolute atomic E-state index is 12.3. The van der Waals surface area contributed by atoms with Crippen LogP contribution in [-0.2, 0) is 4.79 Å². The summed E-state index contributed by atoms with van der Waals surface area (Å²) in [6.45, 7) is 9.39. The number of piperidine rings is 1. The molecular weight excluding hydrogens is 226 g/mol. The van der Waals surface area contributed by atoms with Crippen molar-refractivity contribution in [3.05, 3.63) is 0 Å². The molecule has 104 valence electrons. The van der Waals surface area contributed by atoms with E-state index < -0.39 is 0 Å². The molecule has 2 atom stereocenters. The molecule has 4 nitrogen and oxygen atoms in total. The second-order valence-corrected chi connectivity index (χ2v) is 5.62. The van der Waals surface area contributed by atoms with Gasteiger partial charge in [-0.1, -0.05) is 13.3 Å². The smallest absolute Gasteiger partial charge is 0.239 e. The Labute approximate surface area is 111 Å². The summed E-state index contributed by atoms with van der Waals surface area (Å²) in [7, 11) is 0. The lowest BCUT2D eigenvalue weighted by molar-refractivity contribution is -0.136. The Morgan fingerprint density at radius 1 is 1.28 bits per heavy atom. The molecular formula is C14H27N3O. The zero-order valence-corrected chi connectivity index (χ0v) is 11.8. The molecule has 0 aromatic heterocycles. The van der Waals surface area contributed by atoms with Crippen LogP contribution in [0.15, 0.2) is 0 Å². The second kappa shape index (κ2) is 6.53. The van der Waals surface area contributed by atoms with Crippen LogP contribution >= 0.6 is 0 Å². The number of carbonyl (C=O) groups is 1. The van der Waals surface area contributed by atoms with Gasteiger partial charge in [-0.3, -0.25) is 9.69 Å². The summed E-state index contributed by atoms with van der Waals surface area (Å²) >= 11 is 0. The van der Waals surface area contributed by atoms with Crippen molar-refractivity contribution in [2.75, 3.05) is 32.7 Å². The highest BCUT2D eigenvalue weighted by atomic mass is 16.2. The summed E-state index contributed by atoms with van der Waals surface area (Å²) in [5.41, 5.74) is 0. The van der Waals surface area contributed by atoms with E-state index >= 15 is 0 Å². The van der Waals surface area contributed by atoms with Crippen LogP contribution in [0.5, 0.6) is 0 Å². The van der Waals surface area contributed by atoms with Crippen molar-refractivity contribution in [3.8, 4) is 0 Å². The van der Waals surface area contributed by atoms with Gasteiger partial charge in [0.1, 0.15) is 0 Å². The van der Waals surface area contributed by atoms with Crippen LogP contribution < -0.4 is 5.32 Å². The van der Waals surface area contributed by atoms with Crippen molar-refractivity contribution in [1.82, 2.24) is 15.1 Å². The first-order valence-electron chi connectivity index (χ1n) is 7.48. The molecule has 0 aromatic carbocycles. The average molecular weight is 253 g/mol. The largest absolute Gasteiger partial charge is 0.339 e. The van der Waals surface area contributed by atoms with E-state index in [-0.39, 0.29) is 6.04 Å². The fourth-order valence-corrected chi connectivity index (χ4v) is 2.92. The third-order valence-electron chi connectivity index (χ3n) is 4.45. The van der Waals surface area contributed by atoms with E-state index in [1.54, 1.807) is 0 Å². The molecule has 2 saturated heterocycles.